The number of fused-ring (bicyclic) bond motifs is 3. The summed E-state index contributed by atoms with van der Waals surface area (Å²) in [5.74, 6) is -3.27. The summed E-state index contributed by atoms with van der Waals surface area (Å²) in [6.07, 6.45) is -6.53. The molecule has 1 aliphatic heterocycles. The van der Waals surface area contributed by atoms with Crippen LogP contribution in [0.1, 0.15) is 24.0 Å². The second-order valence-corrected chi connectivity index (χ2v) is 8.59. The zero-order chi connectivity index (χ0) is 25.4. The Morgan fingerprint density at radius 1 is 1.14 bits per heavy atom. The summed E-state index contributed by atoms with van der Waals surface area (Å²) in [6, 6.07) is 12.0. The number of hydrogen-bond acceptors (Lipinski definition) is 5. The number of carboxylic acid groups (broad SMARTS) is 1. The minimum absolute atomic E-state index is 0.229. The number of ether oxygens (including phenoxy) is 2. The molecule has 2 aliphatic rings. The normalized spacial score (nSPS) is 20.5. The lowest BCUT2D eigenvalue weighted by atomic mass is 9.98. The summed E-state index contributed by atoms with van der Waals surface area (Å²) in [5, 5.41) is 10.9. The van der Waals surface area contributed by atoms with E-state index in [-0.39, 0.29) is 25.7 Å². The topological polar surface area (TPSA) is 105 Å². The Labute approximate surface area is 198 Å². The van der Waals surface area contributed by atoms with Crippen LogP contribution < -0.4 is 5.32 Å². The van der Waals surface area contributed by atoms with Gasteiger partial charge in [-0.3, -0.25) is 4.79 Å². The standard InChI is InChI=1S/C24H23F3N2O6/c1-23(21(31)32)13-29(10-11-35-23)20(30)19(24(25,26)27)28-22(33)34-12-18-16-8-4-2-6-14(16)15-7-3-5-9-17(15)18/h2-9,18-19H,10-13H2,1H3,(H,28,33)(H,31,32). The monoisotopic (exact) mass is 492 g/mol. The molecule has 1 fully saturated rings. The number of hydrogen-bond donors (Lipinski definition) is 2. The number of nitrogens with zero attached hydrogens (tertiary/aromatic N) is 1. The number of carbonyl (C=O) groups is 3. The second-order valence-electron chi connectivity index (χ2n) is 8.59. The molecule has 0 saturated carbocycles. The first-order valence-electron chi connectivity index (χ1n) is 10.9. The Morgan fingerprint density at radius 3 is 2.26 bits per heavy atom. The SMILES string of the molecule is CC1(C(=O)O)CN(C(=O)C(NC(=O)OCC2c3ccccc3-c3ccccc32)C(F)(F)F)CCO1. The van der Waals surface area contributed by atoms with Crippen molar-refractivity contribution in [2.24, 2.45) is 0 Å². The van der Waals surface area contributed by atoms with Gasteiger partial charge in [-0.25, -0.2) is 9.59 Å². The Hall–Kier alpha value is -3.60. The molecule has 1 saturated heterocycles. The maximum Gasteiger partial charge on any atom is 0.417 e. The van der Waals surface area contributed by atoms with Crippen molar-refractivity contribution in [1.82, 2.24) is 10.2 Å². The number of nitrogens with one attached hydrogen (secondary N) is 1. The van der Waals surface area contributed by atoms with Crippen LogP contribution in [-0.2, 0) is 19.1 Å². The van der Waals surface area contributed by atoms with Gasteiger partial charge in [0.05, 0.1) is 13.2 Å². The van der Waals surface area contributed by atoms with Gasteiger partial charge in [-0.05, 0) is 29.2 Å². The summed E-state index contributed by atoms with van der Waals surface area (Å²) in [5.41, 5.74) is 1.81. The molecule has 2 aromatic rings. The first kappa shape index (κ1) is 24.5. The number of alkyl halides is 3. The molecule has 1 heterocycles. The number of carboxylic acids is 1. The number of carbonyl (C=O) groups excluding carboxylic acids is 2. The lowest BCUT2D eigenvalue weighted by Crippen LogP contribution is -2.62. The van der Waals surface area contributed by atoms with E-state index in [4.69, 9.17) is 9.47 Å². The van der Waals surface area contributed by atoms with Gasteiger partial charge in [0.1, 0.15) is 6.61 Å². The zero-order valence-corrected chi connectivity index (χ0v) is 18.7. The van der Waals surface area contributed by atoms with Crippen LogP contribution in [-0.4, -0.2) is 72.1 Å². The highest BCUT2D eigenvalue weighted by Crippen LogP contribution is 2.44. The fraction of sp³-hybridized carbons (Fsp3) is 0.375. The highest BCUT2D eigenvalue weighted by Gasteiger charge is 2.50. The number of halogens is 3. The molecule has 11 heteroatoms. The number of morpholine rings is 1. The lowest BCUT2D eigenvalue weighted by molar-refractivity contribution is -0.188. The van der Waals surface area contributed by atoms with E-state index >= 15 is 0 Å². The molecule has 2 amide bonds. The molecule has 2 aromatic carbocycles. The van der Waals surface area contributed by atoms with Gasteiger partial charge in [0.15, 0.2) is 5.60 Å². The molecule has 186 valence electrons. The largest absolute Gasteiger partial charge is 0.479 e. The molecule has 2 N–H and O–H groups in total. The Balaban J connectivity index is 1.46. The van der Waals surface area contributed by atoms with E-state index in [1.165, 1.54) is 0 Å². The fourth-order valence-corrected chi connectivity index (χ4v) is 4.41. The van der Waals surface area contributed by atoms with Gasteiger partial charge in [0.25, 0.3) is 5.91 Å². The van der Waals surface area contributed by atoms with Crippen LogP contribution in [0.15, 0.2) is 48.5 Å². The summed E-state index contributed by atoms with van der Waals surface area (Å²) < 4.78 is 51.4. The van der Waals surface area contributed by atoms with Crippen molar-refractivity contribution < 1.29 is 42.1 Å². The molecule has 2 unspecified atom stereocenters. The van der Waals surface area contributed by atoms with Gasteiger partial charge in [-0.1, -0.05) is 48.5 Å². The minimum Gasteiger partial charge on any atom is -0.479 e. The van der Waals surface area contributed by atoms with Crippen molar-refractivity contribution in [2.75, 3.05) is 26.3 Å². The zero-order valence-electron chi connectivity index (χ0n) is 18.7. The van der Waals surface area contributed by atoms with Crippen molar-refractivity contribution in [2.45, 2.75) is 30.7 Å². The molecular weight excluding hydrogens is 469 g/mol. The first-order chi connectivity index (χ1) is 16.5. The highest BCUT2D eigenvalue weighted by atomic mass is 19.4. The van der Waals surface area contributed by atoms with Crippen LogP contribution in [0.3, 0.4) is 0 Å². The minimum atomic E-state index is -5.12. The van der Waals surface area contributed by atoms with E-state index in [2.05, 4.69) is 0 Å². The predicted molar refractivity (Wildman–Crippen MR) is 117 cm³/mol. The van der Waals surface area contributed by atoms with Crippen molar-refractivity contribution in [3.05, 3.63) is 59.7 Å². The van der Waals surface area contributed by atoms with Gasteiger partial charge < -0.3 is 24.8 Å². The fourth-order valence-electron chi connectivity index (χ4n) is 4.41. The summed E-state index contributed by atoms with van der Waals surface area (Å²) >= 11 is 0. The van der Waals surface area contributed by atoms with Crippen LogP contribution in [0.5, 0.6) is 0 Å². The summed E-state index contributed by atoms with van der Waals surface area (Å²) in [7, 11) is 0. The maximum absolute atomic E-state index is 13.7. The number of aliphatic carboxylic acids is 1. The van der Waals surface area contributed by atoms with E-state index < -0.39 is 42.3 Å². The third kappa shape index (κ3) is 4.81. The molecule has 8 nitrogen and oxygen atoms in total. The van der Waals surface area contributed by atoms with Crippen LogP contribution >= 0.6 is 0 Å². The number of rotatable bonds is 5. The van der Waals surface area contributed by atoms with Crippen molar-refractivity contribution in [1.29, 1.82) is 0 Å². The molecular formula is C24H23F3N2O6. The summed E-state index contributed by atoms with van der Waals surface area (Å²) in [4.78, 5) is 37.2. The Bertz CT molecular complexity index is 1110. The Kier molecular flexibility index (Phi) is 6.46. The van der Waals surface area contributed by atoms with Crippen molar-refractivity contribution in [3.63, 3.8) is 0 Å². The third-order valence-corrected chi connectivity index (χ3v) is 6.22. The smallest absolute Gasteiger partial charge is 0.417 e. The average Bonchev–Trinajstić information content (AvgIpc) is 3.14. The molecule has 4 rings (SSSR count). The quantitative estimate of drug-likeness (QED) is 0.665. The second kappa shape index (κ2) is 9.21. The van der Waals surface area contributed by atoms with E-state index in [0.29, 0.717) is 0 Å². The van der Waals surface area contributed by atoms with Gasteiger partial charge in [0, 0.05) is 12.5 Å². The average molecular weight is 492 g/mol. The molecule has 2 atom stereocenters. The maximum atomic E-state index is 13.7. The molecule has 35 heavy (non-hydrogen) atoms. The predicted octanol–water partition coefficient (Wildman–Crippen LogP) is 3.16. The Morgan fingerprint density at radius 2 is 1.71 bits per heavy atom. The lowest BCUT2D eigenvalue weighted by Gasteiger charge is -2.39. The molecule has 0 aromatic heterocycles. The van der Waals surface area contributed by atoms with Gasteiger partial charge >= 0.3 is 18.2 Å². The van der Waals surface area contributed by atoms with Gasteiger partial charge in [-0.2, -0.15) is 13.2 Å². The number of alkyl carbamates (subject to hydrolysis) is 1. The van der Waals surface area contributed by atoms with Crippen LogP contribution in [0, 0.1) is 0 Å². The van der Waals surface area contributed by atoms with E-state index in [0.717, 1.165) is 34.1 Å². The van der Waals surface area contributed by atoms with Crippen LogP contribution in [0.25, 0.3) is 11.1 Å². The third-order valence-electron chi connectivity index (χ3n) is 6.22. The van der Waals surface area contributed by atoms with Crippen LogP contribution in [0.4, 0.5) is 18.0 Å². The van der Waals surface area contributed by atoms with E-state index in [9.17, 15) is 32.7 Å². The summed E-state index contributed by atoms with van der Waals surface area (Å²) in [6.45, 7) is -0.172. The number of amides is 2. The molecule has 0 bridgehead atoms. The van der Waals surface area contributed by atoms with E-state index in [1.54, 1.807) is 5.32 Å². The van der Waals surface area contributed by atoms with Crippen molar-refractivity contribution in [3.8, 4) is 11.1 Å². The van der Waals surface area contributed by atoms with Crippen molar-refractivity contribution >= 4 is 18.0 Å². The van der Waals surface area contributed by atoms with Gasteiger partial charge in [-0.15, -0.1) is 0 Å². The molecule has 0 radical (unpaired) electrons. The number of benzene rings is 2. The van der Waals surface area contributed by atoms with Gasteiger partial charge in [0.2, 0.25) is 6.04 Å². The van der Waals surface area contributed by atoms with Crippen LogP contribution in [0.2, 0.25) is 0 Å². The highest BCUT2D eigenvalue weighted by molar-refractivity contribution is 5.88. The molecule has 0 spiro atoms. The van der Waals surface area contributed by atoms with E-state index in [1.807, 2.05) is 48.5 Å². The first-order valence-corrected chi connectivity index (χ1v) is 10.9. The molecule has 1 aliphatic carbocycles.